The zero-order chi connectivity index (χ0) is 24.4. The molecule has 0 saturated carbocycles. The molecule has 2 aromatic carbocycles. The average molecular weight is 471 g/mol. The van der Waals surface area contributed by atoms with Crippen molar-refractivity contribution in [3.8, 4) is 33.6 Å². The lowest BCUT2D eigenvalue weighted by Crippen LogP contribution is -2.20. The fourth-order valence-electron chi connectivity index (χ4n) is 4.94. The van der Waals surface area contributed by atoms with E-state index >= 15 is 0 Å². The molecule has 0 amide bonds. The Kier molecular flexibility index (Phi) is 6.81. The largest absolute Gasteiger partial charge is 0.392 e. The second kappa shape index (κ2) is 10.2. The quantitative estimate of drug-likeness (QED) is 0.347. The lowest BCUT2D eigenvalue weighted by Gasteiger charge is -2.16. The molecule has 2 atom stereocenters. The van der Waals surface area contributed by atoms with Crippen LogP contribution in [0.25, 0.3) is 33.6 Å². The van der Waals surface area contributed by atoms with Crippen LogP contribution in [0.2, 0.25) is 0 Å². The van der Waals surface area contributed by atoms with Crippen molar-refractivity contribution in [3.05, 3.63) is 72.6 Å². The fourth-order valence-corrected chi connectivity index (χ4v) is 4.94. The summed E-state index contributed by atoms with van der Waals surface area (Å²) in [5, 5.41) is 9.94. The van der Waals surface area contributed by atoms with E-state index in [2.05, 4.69) is 92.2 Å². The highest BCUT2D eigenvalue weighted by molar-refractivity contribution is 5.71. The molecule has 0 aliphatic carbocycles. The molecule has 0 radical (unpaired) electrons. The molecule has 182 valence electrons. The first-order valence-electron chi connectivity index (χ1n) is 12.4. The van der Waals surface area contributed by atoms with Gasteiger partial charge < -0.3 is 15.1 Å². The Hall–Kier alpha value is -3.26. The van der Waals surface area contributed by atoms with Crippen LogP contribution in [0.1, 0.15) is 37.5 Å². The van der Waals surface area contributed by atoms with Crippen LogP contribution in [0.15, 0.2) is 60.9 Å². The molecule has 35 heavy (non-hydrogen) atoms. The Morgan fingerprint density at radius 2 is 1.49 bits per heavy atom. The number of nitrogens with one attached hydrogen (secondary N) is 2. The summed E-state index contributed by atoms with van der Waals surface area (Å²) in [5.74, 6) is 1.91. The van der Waals surface area contributed by atoms with Gasteiger partial charge in [0.1, 0.15) is 11.6 Å². The third kappa shape index (κ3) is 5.22. The molecular formula is C28H34N6O. The second-order valence-electron chi connectivity index (χ2n) is 9.66. The number of nitrogens with zero attached hydrogens (tertiary/aromatic N) is 4. The van der Waals surface area contributed by atoms with Gasteiger partial charge in [-0.1, -0.05) is 55.5 Å². The molecule has 3 heterocycles. The number of aromatic nitrogens is 4. The maximum atomic E-state index is 9.94. The van der Waals surface area contributed by atoms with Gasteiger partial charge in [0.15, 0.2) is 0 Å². The fraction of sp³-hybridized carbons (Fsp3) is 0.357. The maximum absolute atomic E-state index is 9.94. The Morgan fingerprint density at radius 1 is 0.914 bits per heavy atom. The smallest absolute Gasteiger partial charge is 0.124 e. The van der Waals surface area contributed by atoms with Crippen LogP contribution in [-0.2, 0) is 6.54 Å². The van der Waals surface area contributed by atoms with Gasteiger partial charge in [0.25, 0.3) is 0 Å². The molecule has 0 bridgehead atoms. The second-order valence-corrected chi connectivity index (χ2v) is 9.66. The topological polar surface area (TPSA) is 84.1 Å². The summed E-state index contributed by atoms with van der Waals surface area (Å²) in [6.07, 6.45) is 5.37. The highest BCUT2D eigenvalue weighted by Crippen LogP contribution is 2.31. The lowest BCUT2D eigenvalue weighted by atomic mass is 10.0. The van der Waals surface area contributed by atoms with Crippen molar-refractivity contribution in [1.29, 1.82) is 0 Å². The standard InChI is InChI=1S/C28H34N6O/c1-4-13-33(2)18-27-29-15-24(31-27)21-9-5-19(6-10-21)20-7-11-22(12-8-20)25-16-30-28(32-25)26-14-23(35)17-34(26)3/h5-12,15-16,23,26,35H,4,13-14,17-18H2,1-3H3,(H,29,31)(H,30,32). The van der Waals surface area contributed by atoms with E-state index in [9.17, 15) is 5.11 Å². The third-order valence-corrected chi connectivity index (χ3v) is 6.82. The van der Waals surface area contributed by atoms with Gasteiger partial charge in [0.2, 0.25) is 0 Å². The van der Waals surface area contributed by atoms with Crippen molar-refractivity contribution in [1.82, 2.24) is 29.7 Å². The average Bonchev–Trinajstić information content (AvgIpc) is 3.60. The number of imidazole rings is 2. The van der Waals surface area contributed by atoms with E-state index in [-0.39, 0.29) is 12.1 Å². The molecule has 1 aliphatic rings. The number of likely N-dealkylation sites (tertiary alicyclic amines) is 1. The Morgan fingerprint density at radius 3 is 2.06 bits per heavy atom. The van der Waals surface area contributed by atoms with Crippen molar-refractivity contribution in [3.63, 3.8) is 0 Å². The number of aliphatic hydroxyl groups is 1. The maximum Gasteiger partial charge on any atom is 0.124 e. The van der Waals surface area contributed by atoms with Gasteiger partial charge in [-0.25, -0.2) is 9.97 Å². The van der Waals surface area contributed by atoms with Crippen molar-refractivity contribution in [2.45, 2.75) is 38.5 Å². The summed E-state index contributed by atoms with van der Waals surface area (Å²) in [6, 6.07) is 17.3. The van der Waals surface area contributed by atoms with E-state index in [0.717, 1.165) is 53.7 Å². The minimum Gasteiger partial charge on any atom is -0.392 e. The summed E-state index contributed by atoms with van der Waals surface area (Å²) in [4.78, 5) is 20.5. The van der Waals surface area contributed by atoms with Crippen LogP contribution in [-0.4, -0.2) is 68.1 Å². The lowest BCUT2D eigenvalue weighted by molar-refractivity contribution is 0.182. The van der Waals surface area contributed by atoms with E-state index in [1.807, 2.05) is 19.4 Å². The summed E-state index contributed by atoms with van der Waals surface area (Å²) in [7, 11) is 4.15. The number of aliphatic hydroxyl groups excluding tert-OH is 1. The first-order valence-corrected chi connectivity index (χ1v) is 12.4. The number of likely N-dealkylation sites (N-methyl/N-ethyl adjacent to an activating group) is 1. The van der Waals surface area contributed by atoms with Crippen LogP contribution in [0.4, 0.5) is 0 Å². The molecule has 7 heteroatoms. The monoisotopic (exact) mass is 470 g/mol. The van der Waals surface area contributed by atoms with Crippen molar-refractivity contribution in [2.75, 3.05) is 27.2 Å². The molecule has 2 unspecified atom stereocenters. The molecule has 4 aromatic rings. The number of hydrogen-bond acceptors (Lipinski definition) is 5. The Balaban J connectivity index is 1.26. The van der Waals surface area contributed by atoms with Gasteiger partial charge in [-0.2, -0.15) is 0 Å². The predicted molar refractivity (Wildman–Crippen MR) is 140 cm³/mol. The molecule has 5 rings (SSSR count). The van der Waals surface area contributed by atoms with Gasteiger partial charge in [0, 0.05) is 6.54 Å². The normalized spacial score (nSPS) is 18.5. The number of benzene rings is 2. The van der Waals surface area contributed by atoms with Crippen LogP contribution >= 0.6 is 0 Å². The van der Waals surface area contributed by atoms with Crippen LogP contribution in [0, 0.1) is 0 Å². The van der Waals surface area contributed by atoms with Gasteiger partial charge in [-0.15, -0.1) is 0 Å². The summed E-state index contributed by atoms with van der Waals surface area (Å²) in [5.41, 5.74) is 6.62. The number of aromatic amines is 2. The van der Waals surface area contributed by atoms with Crippen LogP contribution in [0.5, 0.6) is 0 Å². The van der Waals surface area contributed by atoms with E-state index in [1.165, 1.54) is 11.1 Å². The van der Waals surface area contributed by atoms with Crippen molar-refractivity contribution < 1.29 is 5.11 Å². The summed E-state index contributed by atoms with van der Waals surface area (Å²) < 4.78 is 0. The van der Waals surface area contributed by atoms with Crippen LogP contribution < -0.4 is 0 Å². The van der Waals surface area contributed by atoms with E-state index in [0.29, 0.717) is 13.0 Å². The number of H-pyrrole nitrogens is 2. The molecular weight excluding hydrogens is 436 g/mol. The first-order chi connectivity index (χ1) is 17.0. The zero-order valence-corrected chi connectivity index (χ0v) is 20.7. The van der Waals surface area contributed by atoms with Gasteiger partial charge in [-0.3, -0.25) is 9.80 Å². The van der Waals surface area contributed by atoms with Crippen molar-refractivity contribution in [2.24, 2.45) is 0 Å². The Labute approximate surface area is 206 Å². The molecule has 1 fully saturated rings. The first kappa shape index (κ1) is 23.5. The van der Waals surface area contributed by atoms with Gasteiger partial charge in [-0.05, 0) is 55.7 Å². The van der Waals surface area contributed by atoms with E-state index in [4.69, 9.17) is 0 Å². The molecule has 3 N–H and O–H groups in total. The third-order valence-electron chi connectivity index (χ3n) is 6.82. The highest BCUT2D eigenvalue weighted by Gasteiger charge is 2.31. The van der Waals surface area contributed by atoms with Gasteiger partial charge in [0.05, 0.1) is 42.5 Å². The summed E-state index contributed by atoms with van der Waals surface area (Å²) in [6.45, 7) is 4.77. The highest BCUT2D eigenvalue weighted by atomic mass is 16.3. The number of hydrogen-bond donors (Lipinski definition) is 3. The molecule has 7 nitrogen and oxygen atoms in total. The molecule has 1 saturated heterocycles. The molecule has 1 aliphatic heterocycles. The zero-order valence-electron chi connectivity index (χ0n) is 20.7. The number of rotatable bonds is 8. The summed E-state index contributed by atoms with van der Waals surface area (Å²) >= 11 is 0. The minimum atomic E-state index is -0.285. The van der Waals surface area contributed by atoms with Gasteiger partial charge >= 0.3 is 0 Å². The van der Waals surface area contributed by atoms with Crippen molar-refractivity contribution >= 4 is 0 Å². The minimum absolute atomic E-state index is 0.139. The van der Waals surface area contributed by atoms with E-state index < -0.39 is 0 Å². The molecule has 0 spiro atoms. The SMILES string of the molecule is CCCN(C)Cc1ncc(-c2ccc(-c3ccc(-c4cnc(C5CC(O)CN5C)[nH]4)cc3)cc2)[nH]1. The molecule has 2 aromatic heterocycles. The van der Waals surface area contributed by atoms with E-state index in [1.54, 1.807) is 0 Å². The van der Waals surface area contributed by atoms with Crippen LogP contribution in [0.3, 0.4) is 0 Å². The Bertz CT molecular complexity index is 1240. The number of β-amino-alcohol motifs (C(OH)–C–C–N with tert-alkyl or cyclic N) is 1. The predicted octanol–water partition coefficient (Wildman–Crippen LogP) is 4.71.